The number of carbonyl (C=O) groups excluding carboxylic acids is 2. The highest BCUT2D eigenvalue weighted by atomic mass is 16.4. The van der Waals surface area contributed by atoms with Crippen LogP contribution in [0.1, 0.15) is 34.6 Å². The first-order valence-electron chi connectivity index (χ1n) is 12.4. The van der Waals surface area contributed by atoms with Gasteiger partial charge in [0.2, 0.25) is 11.8 Å². The van der Waals surface area contributed by atoms with Crippen molar-refractivity contribution in [1.29, 1.82) is 0 Å². The van der Waals surface area contributed by atoms with Crippen LogP contribution < -0.4 is 11.3 Å². The first-order chi connectivity index (χ1) is 19.3. The summed E-state index contributed by atoms with van der Waals surface area (Å²) in [6, 6.07) is 24.3. The molecule has 0 unspecified atom stereocenters. The van der Waals surface area contributed by atoms with Crippen molar-refractivity contribution in [3.05, 3.63) is 117 Å². The van der Waals surface area contributed by atoms with Gasteiger partial charge >= 0.3 is 11.3 Å². The third-order valence-electron chi connectivity index (χ3n) is 6.67. The number of hydrogen-bond donors (Lipinski definition) is 0. The van der Waals surface area contributed by atoms with Gasteiger partial charge < -0.3 is 8.83 Å². The van der Waals surface area contributed by atoms with Crippen LogP contribution in [-0.2, 0) is 0 Å². The lowest BCUT2D eigenvalue weighted by atomic mass is 10.0. The molecule has 0 aliphatic heterocycles. The maximum Gasteiger partial charge on any atom is 0.347 e. The Kier molecular flexibility index (Phi) is 6.00. The van der Waals surface area contributed by atoms with E-state index in [-0.39, 0.29) is 34.1 Å². The Morgan fingerprint density at radius 1 is 0.525 bits per heavy atom. The van der Waals surface area contributed by atoms with Crippen LogP contribution in [0, 0.1) is 0 Å². The number of aromatic nitrogens is 2. The number of Topliss-reactive ketones (excluding diaryl/α,β-unsaturated/α-hetero) is 2. The molecule has 0 aliphatic carbocycles. The lowest BCUT2D eigenvalue weighted by Crippen LogP contribution is -2.04. The van der Waals surface area contributed by atoms with Gasteiger partial charge in [0.05, 0.1) is 21.8 Å². The molecule has 0 atom stereocenters. The Bertz CT molecular complexity index is 1940. The second-order valence-corrected chi connectivity index (χ2v) is 9.34. The van der Waals surface area contributed by atoms with Gasteiger partial charge in [-0.2, -0.15) is 0 Å². The number of rotatable bonds is 5. The summed E-state index contributed by atoms with van der Waals surface area (Å²) >= 11 is 0. The topological polar surface area (TPSA) is 120 Å². The Morgan fingerprint density at radius 2 is 0.875 bits per heavy atom. The second-order valence-electron chi connectivity index (χ2n) is 9.34. The van der Waals surface area contributed by atoms with Gasteiger partial charge in [-0.3, -0.25) is 9.59 Å². The van der Waals surface area contributed by atoms with Crippen molar-refractivity contribution in [3.8, 4) is 34.0 Å². The highest BCUT2D eigenvalue weighted by Gasteiger charge is 2.13. The summed E-state index contributed by atoms with van der Waals surface area (Å²) in [5.41, 5.74) is 3.71. The van der Waals surface area contributed by atoms with E-state index in [4.69, 9.17) is 8.83 Å². The monoisotopic (exact) mass is 528 g/mol. The van der Waals surface area contributed by atoms with E-state index in [9.17, 15) is 19.2 Å². The largest absolute Gasteiger partial charge is 0.403 e. The van der Waals surface area contributed by atoms with E-state index < -0.39 is 11.3 Å². The minimum atomic E-state index is -0.559. The fourth-order valence-corrected chi connectivity index (χ4v) is 4.44. The molecule has 0 saturated carbocycles. The average molecular weight is 529 g/mol. The highest BCUT2D eigenvalue weighted by molar-refractivity contribution is 5.98. The van der Waals surface area contributed by atoms with Crippen molar-refractivity contribution in [2.45, 2.75) is 13.8 Å². The zero-order chi connectivity index (χ0) is 28.0. The van der Waals surface area contributed by atoms with E-state index in [0.29, 0.717) is 33.3 Å². The summed E-state index contributed by atoms with van der Waals surface area (Å²) in [7, 11) is 0. The predicted molar refractivity (Wildman–Crippen MR) is 150 cm³/mol. The zero-order valence-corrected chi connectivity index (χ0v) is 21.4. The van der Waals surface area contributed by atoms with E-state index in [2.05, 4.69) is 9.97 Å². The standard InChI is InChI=1S/C32H20N2O6/c1-17(35)23-11-13-27-25(15-23)31(37)39-29(33-27)21-7-3-19(4-8-21)20-5-9-22(10-6-20)30-34-28-14-12-24(18(2)36)16-26(28)32(38)40-30/h3-16H,1-2H3. The van der Waals surface area contributed by atoms with Crippen molar-refractivity contribution in [1.82, 2.24) is 9.97 Å². The molecule has 194 valence electrons. The number of ketones is 2. The summed E-state index contributed by atoms with van der Waals surface area (Å²) in [6.07, 6.45) is 0. The Hall–Kier alpha value is -5.50. The quantitative estimate of drug-likeness (QED) is 0.246. The summed E-state index contributed by atoms with van der Waals surface area (Å²) in [6.45, 7) is 2.87. The summed E-state index contributed by atoms with van der Waals surface area (Å²) < 4.78 is 10.9. The van der Waals surface area contributed by atoms with Gasteiger partial charge in [0.25, 0.3) is 0 Å². The highest BCUT2D eigenvalue weighted by Crippen LogP contribution is 2.27. The van der Waals surface area contributed by atoms with E-state index in [1.165, 1.54) is 26.0 Å². The number of benzene rings is 4. The SMILES string of the molecule is CC(=O)c1ccc2nc(-c3ccc(-c4ccc(-c5nc6ccc(C(C)=O)cc6c(=O)o5)cc4)cc3)oc(=O)c2c1. The molecule has 8 heteroatoms. The normalized spacial score (nSPS) is 11.2. The Labute approximate surface area is 226 Å². The van der Waals surface area contributed by atoms with Crippen LogP contribution in [0.2, 0.25) is 0 Å². The van der Waals surface area contributed by atoms with E-state index >= 15 is 0 Å². The van der Waals surface area contributed by atoms with Crippen molar-refractivity contribution in [3.63, 3.8) is 0 Å². The average Bonchev–Trinajstić information content (AvgIpc) is 2.97. The maximum atomic E-state index is 12.6. The van der Waals surface area contributed by atoms with Crippen LogP contribution in [0.5, 0.6) is 0 Å². The molecule has 2 aromatic heterocycles. The molecule has 6 rings (SSSR count). The number of hydrogen-bond acceptors (Lipinski definition) is 8. The van der Waals surface area contributed by atoms with Crippen LogP contribution >= 0.6 is 0 Å². The van der Waals surface area contributed by atoms with Gasteiger partial charge in [0.15, 0.2) is 11.6 Å². The summed E-state index contributed by atoms with van der Waals surface area (Å²) in [4.78, 5) is 57.3. The smallest absolute Gasteiger partial charge is 0.347 e. The Morgan fingerprint density at radius 3 is 1.23 bits per heavy atom. The molecule has 0 spiro atoms. The third kappa shape index (κ3) is 4.52. The van der Waals surface area contributed by atoms with Gasteiger partial charge in [0.1, 0.15) is 0 Å². The second kappa shape index (κ2) is 9.67. The molecule has 8 nitrogen and oxygen atoms in total. The van der Waals surface area contributed by atoms with Crippen molar-refractivity contribution < 1.29 is 18.4 Å². The zero-order valence-electron chi connectivity index (χ0n) is 21.4. The summed E-state index contributed by atoms with van der Waals surface area (Å²) in [5.74, 6) is 0.0817. The number of carbonyl (C=O) groups is 2. The number of nitrogens with zero attached hydrogens (tertiary/aromatic N) is 2. The molecule has 4 aromatic carbocycles. The fraction of sp³-hybridized carbons (Fsp3) is 0.0625. The van der Waals surface area contributed by atoms with E-state index in [1.807, 2.05) is 48.5 Å². The predicted octanol–water partition coefficient (Wildman–Crippen LogP) is 6.10. The molecular formula is C32H20N2O6. The first-order valence-corrected chi connectivity index (χ1v) is 12.4. The van der Waals surface area contributed by atoms with Crippen LogP contribution in [0.25, 0.3) is 55.8 Å². The first kappa shape index (κ1) is 24.8. The van der Waals surface area contributed by atoms with Crippen LogP contribution in [0.15, 0.2) is 103 Å². The van der Waals surface area contributed by atoms with Gasteiger partial charge in [-0.1, -0.05) is 24.3 Å². The maximum absolute atomic E-state index is 12.6. The molecular weight excluding hydrogens is 508 g/mol. The molecule has 0 fully saturated rings. The molecule has 0 amide bonds. The van der Waals surface area contributed by atoms with Crippen LogP contribution in [0.4, 0.5) is 0 Å². The van der Waals surface area contributed by atoms with Crippen LogP contribution in [-0.4, -0.2) is 21.5 Å². The van der Waals surface area contributed by atoms with Gasteiger partial charge in [-0.05, 0) is 85.6 Å². The van der Waals surface area contributed by atoms with Crippen LogP contribution in [0.3, 0.4) is 0 Å². The van der Waals surface area contributed by atoms with Crippen molar-refractivity contribution in [2.75, 3.05) is 0 Å². The van der Waals surface area contributed by atoms with Crippen molar-refractivity contribution in [2.24, 2.45) is 0 Å². The summed E-state index contributed by atoms with van der Waals surface area (Å²) in [5, 5.41) is 0.511. The van der Waals surface area contributed by atoms with E-state index in [0.717, 1.165) is 11.1 Å². The Balaban J connectivity index is 1.27. The molecule has 0 N–H and O–H groups in total. The number of fused-ring (bicyclic) bond motifs is 2. The van der Waals surface area contributed by atoms with Gasteiger partial charge in [-0.25, -0.2) is 19.6 Å². The molecule has 0 radical (unpaired) electrons. The molecule has 2 heterocycles. The molecule has 0 saturated heterocycles. The van der Waals surface area contributed by atoms with Crippen molar-refractivity contribution >= 4 is 33.4 Å². The van der Waals surface area contributed by atoms with Gasteiger partial charge in [0, 0.05) is 22.3 Å². The molecule has 40 heavy (non-hydrogen) atoms. The third-order valence-corrected chi connectivity index (χ3v) is 6.67. The minimum absolute atomic E-state index is 0.142. The fourth-order valence-electron chi connectivity index (χ4n) is 4.44. The molecule has 0 aliphatic rings. The lowest BCUT2D eigenvalue weighted by Gasteiger charge is -2.07. The molecule has 6 aromatic rings. The lowest BCUT2D eigenvalue weighted by molar-refractivity contribution is 0.100. The molecule has 0 bridgehead atoms. The minimum Gasteiger partial charge on any atom is -0.403 e. The van der Waals surface area contributed by atoms with Gasteiger partial charge in [-0.15, -0.1) is 0 Å². The van der Waals surface area contributed by atoms with E-state index in [1.54, 1.807) is 24.3 Å².